The average Bonchev–Trinajstić information content (AvgIpc) is 2.72. The Morgan fingerprint density at radius 3 is 2.47 bits per heavy atom. The standard InChI is InChI=1S/C20H20F3NO5S/c1-27-9-10-28-17-8-7-14(20(21,22)23)11-16(17)24-18(25)12-29-19(26)13-30-15-5-3-2-4-6-15/h2-8,11H,9-10,12-13H2,1H3,(H,24,25). The lowest BCUT2D eigenvalue weighted by atomic mass is 10.1. The molecule has 1 amide bonds. The SMILES string of the molecule is COCCOc1ccc(C(F)(F)F)cc1NC(=O)COC(=O)CSc1ccccc1. The van der Waals surface area contributed by atoms with Gasteiger partial charge in [-0.1, -0.05) is 18.2 Å². The van der Waals surface area contributed by atoms with Crippen molar-refractivity contribution in [3.05, 3.63) is 54.1 Å². The van der Waals surface area contributed by atoms with E-state index in [1.54, 1.807) is 0 Å². The predicted molar refractivity (Wildman–Crippen MR) is 106 cm³/mol. The van der Waals surface area contributed by atoms with E-state index in [0.29, 0.717) is 0 Å². The van der Waals surface area contributed by atoms with Crippen LogP contribution >= 0.6 is 11.8 Å². The van der Waals surface area contributed by atoms with Gasteiger partial charge in [0.25, 0.3) is 5.91 Å². The van der Waals surface area contributed by atoms with E-state index >= 15 is 0 Å². The number of halogens is 3. The number of nitrogens with one attached hydrogen (secondary N) is 1. The molecule has 2 aromatic rings. The maximum Gasteiger partial charge on any atom is 0.416 e. The van der Waals surface area contributed by atoms with Gasteiger partial charge < -0.3 is 19.5 Å². The van der Waals surface area contributed by atoms with Gasteiger partial charge in [0.15, 0.2) is 6.61 Å². The van der Waals surface area contributed by atoms with Gasteiger partial charge in [0.2, 0.25) is 0 Å². The van der Waals surface area contributed by atoms with Crippen molar-refractivity contribution in [2.75, 3.05) is 38.0 Å². The summed E-state index contributed by atoms with van der Waals surface area (Å²) in [6.07, 6.45) is -4.59. The Kier molecular flexibility index (Phi) is 9.00. The zero-order valence-corrected chi connectivity index (χ0v) is 16.8. The number of benzene rings is 2. The van der Waals surface area contributed by atoms with Crippen molar-refractivity contribution >= 4 is 29.3 Å². The first-order chi connectivity index (χ1) is 14.3. The highest BCUT2D eigenvalue weighted by molar-refractivity contribution is 8.00. The number of hydrogen-bond donors (Lipinski definition) is 1. The Bertz CT molecular complexity index is 846. The molecule has 0 aliphatic heterocycles. The minimum Gasteiger partial charge on any atom is -0.489 e. The van der Waals surface area contributed by atoms with Crippen molar-refractivity contribution in [3.8, 4) is 5.75 Å². The Labute approximate surface area is 175 Å². The minimum absolute atomic E-state index is 0.00771. The van der Waals surface area contributed by atoms with Crippen molar-refractivity contribution in [1.29, 1.82) is 0 Å². The van der Waals surface area contributed by atoms with Gasteiger partial charge in [0.05, 0.1) is 23.6 Å². The molecule has 0 aliphatic rings. The van der Waals surface area contributed by atoms with E-state index in [9.17, 15) is 22.8 Å². The van der Waals surface area contributed by atoms with Gasteiger partial charge in [-0.25, -0.2) is 0 Å². The average molecular weight is 443 g/mol. The van der Waals surface area contributed by atoms with Crippen LogP contribution in [0.15, 0.2) is 53.4 Å². The summed E-state index contributed by atoms with van der Waals surface area (Å²) in [5.41, 5.74) is -1.13. The molecule has 1 N–H and O–H groups in total. The van der Waals surface area contributed by atoms with Gasteiger partial charge in [0, 0.05) is 12.0 Å². The number of methoxy groups -OCH3 is 1. The highest BCUT2D eigenvalue weighted by atomic mass is 32.2. The molecule has 0 aromatic heterocycles. The van der Waals surface area contributed by atoms with Crippen molar-refractivity contribution in [2.24, 2.45) is 0 Å². The minimum atomic E-state index is -4.59. The zero-order chi connectivity index (χ0) is 22.0. The molecule has 30 heavy (non-hydrogen) atoms. The quantitative estimate of drug-likeness (QED) is 0.340. The number of carbonyl (C=O) groups excluding carboxylic acids is 2. The third-order valence-electron chi connectivity index (χ3n) is 3.59. The summed E-state index contributed by atoms with van der Waals surface area (Å²) in [5, 5.41) is 2.29. The molecule has 10 heteroatoms. The molecular formula is C20H20F3NO5S. The Morgan fingerprint density at radius 2 is 1.80 bits per heavy atom. The van der Waals surface area contributed by atoms with E-state index in [1.165, 1.54) is 18.9 Å². The molecule has 2 aromatic carbocycles. The van der Waals surface area contributed by atoms with Crippen LogP contribution in [0.1, 0.15) is 5.56 Å². The normalized spacial score (nSPS) is 11.1. The number of ether oxygens (including phenoxy) is 3. The molecule has 0 atom stereocenters. The largest absolute Gasteiger partial charge is 0.489 e. The molecular weight excluding hydrogens is 423 g/mol. The molecule has 162 valence electrons. The number of rotatable bonds is 10. The molecule has 0 spiro atoms. The third kappa shape index (κ3) is 7.96. The smallest absolute Gasteiger partial charge is 0.416 e. The number of carbonyl (C=O) groups is 2. The summed E-state index contributed by atoms with van der Waals surface area (Å²) < 4.78 is 54.0. The van der Waals surface area contributed by atoms with Gasteiger partial charge in [-0.15, -0.1) is 11.8 Å². The summed E-state index contributed by atoms with van der Waals surface area (Å²) in [7, 11) is 1.45. The predicted octanol–water partition coefficient (Wildman–Crippen LogP) is 4.00. The molecule has 0 saturated heterocycles. The van der Waals surface area contributed by atoms with Crippen LogP contribution in [0.25, 0.3) is 0 Å². The zero-order valence-electron chi connectivity index (χ0n) is 16.0. The van der Waals surface area contributed by atoms with Crippen LogP contribution in [0.4, 0.5) is 18.9 Å². The summed E-state index contributed by atoms with van der Waals surface area (Å²) in [6, 6.07) is 11.8. The lowest BCUT2D eigenvalue weighted by molar-refractivity contribution is -0.144. The number of thioether (sulfide) groups is 1. The van der Waals surface area contributed by atoms with Crippen LogP contribution in [-0.4, -0.2) is 44.6 Å². The summed E-state index contributed by atoms with van der Waals surface area (Å²) in [6.45, 7) is -0.344. The van der Waals surface area contributed by atoms with Gasteiger partial charge in [-0.05, 0) is 30.3 Å². The highest BCUT2D eigenvalue weighted by Crippen LogP contribution is 2.35. The van der Waals surface area contributed by atoms with E-state index in [1.807, 2.05) is 30.3 Å². The number of alkyl halides is 3. The monoisotopic (exact) mass is 443 g/mol. The topological polar surface area (TPSA) is 73.9 Å². The first-order valence-electron chi connectivity index (χ1n) is 8.76. The van der Waals surface area contributed by atoms with Gasteiger partial charge >= 0.3 is 12.1 Å². The van der Waals surface area contributed by atoms with Crippen molar-refractivity contribution in [1.82, 2.24) is 0 Å². The summed E-state index contributed by atoms with van der Waals surface area (Å²) in [5.74, 6) is -1.38. The molecule has 0 fully saturated rings. The molecule has 2 rings (SSSR count). The summed E-state index contributed by atoms with van der Waals surface area (Å²) in [4.78, 5) is 24.7. The molecule has 6 nitrogen and oxygen atoms in total. The fourth-order valence-corrected chi connectivity index (χ4v) is 2.92. The van der Waals surface area contributed by atoms with Crippen LogP contribution in [-0.2, 0) is 25.2 Å². The number of hydrogen-bond acceptors (Lipinski definition) is 6. The number of anilines is 1. The first kappa shape index (κ1) is 23.6. The second-order valence-electron chi connectivity index (χ2n) is 5.86. The maximum absolute atomic E-state index is 13.0. The first-order valence-corrected chi connectivity index (χ1v) is 9.74. The molecule has 0 unspecified atom stereocenters. The Balaban J connectivity index is 1.93. The van der Waals surface area contributed by atoms with Crippen LogP contribution in [0, 0.1) is 0 Å². The van der Waals surface area contributed by atoms with E-state index in [-0.39, 0.29) is 30.4 Å². The maximum atomic E-state index is 13.0. The third-order valence-corrected chi connectivity index (χ3v) is 4.58. The summed E-state index contributed by atoms with van der Waals surface area (Å²) >= 11 is 1.24. The fourth-order valence-electron chi connectivity index (χ4n) is 2.20. The number of esters is 1. The molecule has 0 radical (unpaired) electrons. The lowest BCUT2D eigenvalue weighted by Crippen LogP contribution is -2.22. The van der Waals surface area contributed by atoms with Crippen LogP contribution < -0.4 is 10.1 Å². The molecule has 0 bridgehead atoms. The van der Waals surface area contributed by atoms with E-state index in [0.717, 1.165) is 23.1 Å². The second kappa shape index (κ2) is 11.5. The lowest BCUT2D eigenvalue weighted by Gasteiger charge is -2.15. The van der Waals surface area contributed by atoms with Gasteiger partial charge in [-0.3, -0.25) is 9.59 Å². The van der Waals surface area contributed by atoms with Crippen LogP contribution in [0.2, 0.25) is 0 Å². The Morgan fingerprint density at radius 1 is 1.07 bits per heavy atom. The van der Waals surface area contributed by atoms with E-state index < -0.39 is 30.2 Å². The Hall–Kier alpha value is -2.72. The van der Waals surface area contributed by atoms with Crippen molar-refractivity contribution in [2.45, 2.75) is 11.1 Å². The van der Waals surface area contributed by atoms with Crippen LogP contribution in [0.5, 0.6) is 5.75 Å². The van der Waals surface area contributed by atoms with Crippen molar-refractivity contribution in [3.63, 3.8) is 0 Å². The van der Waals surface area contributed by atoms with Gasteiger partial charge in [-0.2, -0.15) is 13.2 Å². The van der Waals surface area contributed by atoms with E-state index in [4.69, 9.17) is 14.2 Å². The number of amides is 1. The molecule has 0 saturated carbocycles. The highest BCUT2D eigenvalue weighted by Gasteiger charge is 2.31. The fraction of sp³-hybridized carbons (Fsp3) is 0.300. The van der Waals surface area contributed by atoms with Crippen LogP contribution in [0.3, 0.4) is 0 Å². The molecule has 0 heterocycles. The molecule has 0 aliphatic carbocycles. The second-order valence-corrected chi connectivity index (χ2v) is 6.91. The van der Waals surface area contributed by atoms with Crippen molar-refractivity contribution < 1.29 is 37.0 Å². The van der Waals surface area contributed by atoms with Gasteiger partial charge in [0.1, 0.15) is 12.4 Å². The van der Waals surface area contributed by atoms with E-state index in [2.05, 4.69) is 5.32 Å².